The van der Waals surface area contributed by atoms with E-state index >= 15 is 0 Å². The molecule has 0 aromatic heterocycles. The first-order valence-electron chi connectivity index (χ1n) is 8.81. The summed E-state index contributed by atoms with van der Waals surface area (Å²) in [6.07, 6.45) is -0.548. The molecule has 0 aliphatic rings. The monoisotopic (exact) mass is 339 g/mol. The molecule has 0 fully saturated rings. The zero-order valence-corrected chi connectivity index (χ0v) is 16.4. The van der Waals surface area contributed by atoms with Crippen molar-refractivity contribution in [2.75, 3.05) is 0 Å². The molecule has 0 bridgehead atoms. The lowest BCUT2D eigenvalue weighted by Crippen LogP contribution is -2.38. The van der Waals surface area contributed by atoms with Gasteiger partial charge in [-0.15, -0.1) is 0 Å². The van der Waals surface area contributed by atoms with Gasteiger partial charge in [0.25, 0.3) is 5.91 Å². The van der Waals surface area contributed by atoms with Crippen molar-refractivity contribution in [1.29, 1.82) is 0 Å². The standard InChI is InChI=1S/C22H29NO2/c1-13-8-9-20(16(4)10-13)18(6)23-22(24)19(7)25-21-12-14(2)11-15(3)17(21)5/h8-12,18-19H,1-7H3,(H,23,24)/t18-,19-/m1/s1. The van der Waals surface area contributed by atoms with Crippen molar-refractivity contribution < 1.29 is 9.53 Å². The van der Waals surface area contributed by atoms with Gasteiger partial charge in [0.15, 0.2) is 6.10 Å². The molecule has 2 rings (SSSR count). The van der Waals surface area contributed by atoms with Crippen molar-refractivity contribution in [2.24, 2.45) is 0 Å². The Morgan fingerprint density at radius 1 is 0.920 bits per heavy atom. The average Bonchev–Trinajstić information content (AvgIpc) is 2.51. The van der Waals surface area contributed by atoms with Crippen molar-refractivity contribution in [1.82, 2.24) is 5.32 Å². The molecule has 0 saturated heterocycles. The molecule has 0 spiro atoms. The van der Waals surface area contributed by atoms with Crippen LogP contribution in [0.2, 0.25) is 0 Å². The summed E-state index contributed by atoms with van der Waals surface area (Å²) in [4.78, 5) is 12.6. The molecule has 25 heavy (non-hydrogen) atoms. The zero-order valence-electron chi connectivity index (χ0n) is 16.4. The zero-order chi connectivity index (χ0) is 18.7. The minimum atomic E-state index is -0.548. The molecule has 2 aromatic carbocycles. The maximum absolute atomic E-state index is 12.6. The van der Waals surface area contributed by atoms with E-state index in [-0.39, 0.29) is 11.9 Å². The number of rotatable bonds is 5. The van der Waals surface area contributed by atoms with Crippen LogP contribution in [0, 0.1) is 34.6 Å². The normalized spacial score (nSPS) is 13.2. The molecule has 0 unspecified atom stereocenters. The number of benzene rings is 2. The minimum absolute atomic E-state index is 0.0560. The van der Waals surface area contributed by atoms with Gasteiger partial charge < -0.3 is 10.1 Å². The third-order valence-electron chi connectivity index (χ3n) is 4.69. The Bertz CT molecular complexity index is 780. The molecule has 3 nitrogen and oxygen atoms in total. The van der Waals surface area contributed by atoms with E-state index in [1.54, 1.807) is 6.92 Å². The predicted octanol–water partition coefficient (Wildman–Crippen LogP) is 4.87. The van der Waals surface area contributed by atoms with E-state index in [0.717, 1.165) is 22.4 Å². The van der Waals surface area contributed by atoms with Gasteiger partial charge in [-0.2, -0.15) is 0 Å². The highest BCUT2D eigenvalue weighted by molar-refractivity contribution is 5.81. The summed E-state index contributed by atoms with van der Waals surface area (Å²) in [6, 6.07) is 10.3. The van der Waals surface area contributed by atoms with Crippen LogP contribution in [-0.2, 0) is 4.79 Å². The Labute approximate surface area is 151 Å². The number of carbonyl (C=O) groups excluding carboxylic acids is 1. The molecule has 0 heterocycles. The first-order valence-corrected chi connectivity index (χ1v) is 8.81. The molecule has 0 radical (unpaired) electrons. The molecule has 2 aromatic rings. The van der Waals surface area contributed by atoms with Gasteiger partial charge in [-0.05, 0) is 82.3 Å². The lowest BCUT2D eigenvalue weighted by Gasteiger charge is -2.21. The summed E-state index contributed by atoms with van der Waals surface area (Å²) in [5.74, 6) is 0.672. The van der Waals surface area contributed by atoms with E-state index in [1.807, 2.05) is 26.8 Å². The third kappa shape index (κ3) is 4.62. The molecule has 0 saturated carbocycles. The molecular weight excluding hydrogens is 310 g/mol. The van der Waals surface area contributed by atoms with Crippen molar-refractivity contribution in [3.05, 3.63) is 63.7 Å². The Hall–Kier alpha value is -2.29. The van der Waals surface area contributed by atoms with Crippen LogP contribution >= 0.6 is 0 Å². The summed E-state index contributed by atoms with van der Waals surface area (Å²) in [5, 5.41) is 3.06. The topological polar surface area (TPSA) is 38.3 Å². The second kappa shape index (κ2) is 7.73. The van der Waals surface area contributed by atoms with Crippen LogP contribution in [0.5, 0.6) is 5.75 Å². The molecule has 0 aliphatic heterocycles. The second-order valence-corrected chi connectivity index (χ2v) is 7.06. The van der Waals surface area contributed by atoms with Gasteiger partial charge in [0.1, 0.15) is 5.75 Å². The van der Waals surface area contributed by atoms with E-state index in [0.29, 0.717) is 0 Å². The molecule has 1 amide bonds. The van der Waals surface area contributed by atoms with Crippen molar-refractivity contribution >= 4 is 5.91 Å². The summed E-state index contributed by atoms with van der Waals surface area (Å²) < 4.78 is 5.94. The summed E-state index contributed by atoms with van der Waals surface area (Å²) in [5.41, 5.74) is 6.93. The van der Waals surface area contributed by atoms with Crippen LogP contribution in [0.1, 0.15) is 53.3 Å². The number of hydrogen-bond donors (Lipinski definition) is 1. The molecule has 1 N–H and O–H groups in total. The molecule has 3 heteroatoms. The van der Waals surface area contributed by atoms with Gasteiger partial charge in [0.2, 0.25) is 0 Å². The number of nitrogens with one attached hydrogen (secondary N) is 1. The van der Waals surface area contributed by atoms with Gasteiger partial charge in [-0.3, -0.25) is 4.79 Å². The minimum Gasteiger partial charge on any atom is -0.481 e. The smallest absolute Gasteiger partial charge is 0.261 e. The van der Waals surface area contributed by atoms with Crippen molar-refractivity contribution in [3.8, 4) is 5.75 Å². The van der Waals surface area contributed by atoms with Gasteiger partial charge in [-0.1, -0.05) is 29.8 Å². The van der Waals surface area contributed by atoms with Crippen molar-refractivity contribution in [2.45, 2.75) is 60.6 Å². The van der Waals surface area contributed by atoms with Crippen LogP contribution in [-0.4, -0.2) is 12.0 Å². The second-order valence-electron chi connectivity index (χ2n) is 7.06. The highest BCUT2D eigenvalue weighted by Gasteiger charge is 2.19. The van der Waals surface area contributed by atoms with Crippen LogP contribution in [0.15, 0.2) is 30.3 Å². The Balaban J connectivity index is 2.07. The van der Waals surface area contributed by atoms with E-state index < -0.39 is 6.10 Å². The Morgan fingerprint density at radius 3 is 2.20 bits per heavy atom. The summed E-state index contributed by atoms with van der Waals surface area (Å²) in [6.45, 7) is 14.1. The Kier molecular flexibility index (Phi) is 5.89. The van der Waals surface area contributed by atoms with E-state index in [4.69, 9.17) is 4.74 Å². The molecule has 0 aliphatic carbocycles. The van der Waals surface area contributed by atoms with Gasteiger partial charge in [-0.25, -0.2) is 0 Å². The van der Waals surface area contributed by atoms with Crippen LogP contribution < -0.4 is 10.1 Å². The fraction of sp³-hybridized carbons (Fsp3) is 0.409. The van der Waals surface area contributed by atoms with Crippen LogP contribution in [0.4, 0.5) is 0 Å². The van der Waals surface area contributed by atoms with Crippen molar-refractivity contribution in [3.63, 3.8) is 0 Å². The summed E-state index contributed by atoms with van der Waals surface area (Å²) >= 11 is 0. The van der Waals surface area contributed by atoms with E-state index in [9.17, 15) is 4.79 Å². The van der Waals surface area contributed by atoms with Crippen LogP contribution in [0.3, 0.4) is 0 Å². The average molecular weight is 339 g/mol. The lowest BCUT2D eigenvalue weighted by molar-refractivity contribution is -0.127. The van der Waals surface area contributed by atoms with Gasteiger partial charge in [0, 0.05) is 0 Å². The number of amides is 1. The molecule has 2 atom stereocenters. The van der Waals surface area contributed by atoms with Gasteiger partial charge in [0.05, 0.1) is 6.04 Å². The number of ether oxygens (including phenoxy) is 1. The quantitative estimate of drug-likeness (QED) is 0.843. The number of aryl methyl sites for hydroxylation is 4. The van der Waals surface area contributed by atoms with E-state index in [1.165, 1.54) is 16.7 Å². The lowest BCUT2D eigenvalue weighted by atomic mass is 10.00. The number of hydrogen-bond acceptors (Lipinski definition) is 2. The Morgan fingerprint density at radius 2 is 1.56 bits per heavy atom. The highest BCUT2D eigenvalue weighted by Crippen LogP contribution is 2.25. The molecule has 134 valence electrons. The third-order valence-corrected chi connectivity index (χ3v) is 4.69. The summed E-state index contributed by atoms with van der Waals surface area (Å²) in [7, 11) is 0. The maximum Gasteiger partial charge on any atom is 0.261 e. The van der Waals surface area contributed by atoms with Crippen LogP contribution in [0.25, 0.3) is 0 Å². The fourth-order valence-electron chi connectivity index (χ4n) is 3.09. The first kappa shape index (κ1) is 19.0. The predicted molar refractivity (Wildman–Crippen MR) is 103 cm³/mol. The van der Waals surface area contributed by atoms with E-state index in [2.05, 4.69) is 50.4 Å². The maximum atomic E-state index is 12.6. The molecular formula is C22H29NO2. The SMILES string of the molecule is Cc1ccc([C@@H](C)NC(=O)[C@@H](C)Oc2cc(C)cc(C)c2C)c(C)c1. The number of carbonyl (C=O) groups is 1. The first-order chi connectivity index (χ1) is 11.7. The highest BCUT2D eigenvalue weighted by atomic mass is 16.5. The van der Waals surface area contributed by atoms with Gasteiger partial charge >= 0.3 is 0 Å². The fourth-order valence-corrected chi connectivity index (χ4v) is 3.09. The largest absolute Gasteiger partial charge is 0.481 e.